The number of aromatic nitrogens is 3. The van der Waals surface area contributed by atoms with E-state index in [1.165, 1.54) is 17.0 Å². The zero-order valence-corrected chi connectivity index (χ0v) is 21.6. The van der Waals surface area contributed by atoms with Crippen molar-refractivity contribution in [2.45, 2.75) is 32.2 Å². The molecule has 0 aliphatic carbocycles. The summed E-state index contributed by atoms with van der Waals surface area (Å²) in [6.07, 6.45) is 3.38. The number of amides is 2. The fourth-order valence-corrected chi connectivity index (χ4v) is 5.63. The summed E-state index contributed by atoms with van der Waals surface area (Å²) >= 11 is 0. The van der Waals surface area contributed by atoms with Crippen molar-refractivity contribution in [2.24, 2.45) is 7.05 Å². The number of carbonyl (C=O) groups is 2. The molecule has 0 unspecified atom stereocenters. The van der Waals surface area contributed by atoms with Crippen molar-refractivity contribution in [1.82, 2.24) is 19.4 Å². The van der Waals surface area contributed by atoms with Gasteiger partial charge in [0.05, 0.1) is 11.2 Å². The van der Waals surface area contributed by atoms with Crippen molar-refractivity contribution in [1.29, 1.82) is 0 Å². The normalized spacial score (nSPS) is 16.2. The number of hydrogen-bond donors (Lipinski definition) is 1. The van der Waals surface area contributed by atoms with Crippen LogP contribution >= 0.6 is 0 Å². The number of para-hydroxylation sites is 1. The molecule has 0 bridgehead atoms. The number of urea groups is 1. The number of fused-ring (bicyclic) bond motifs is 2. The van der Waals surface area contributed by atoms with Gasteiger partial charge in [-0.05, 0) is 55.5 Å². The number of ketones is 1. The number of rotatable bonds is 4. The van der Waals surface area contributed by atoms with E-state index < -0.39 is 11.6 Å². The molecule has 4 aromatic rings. The van der Waals surface area contributed by atoms with Crippen LogP contribution in [0.2, 0.25) is 0 Å². The van der Waals surface area contributed by atoms with Crippen molar-refractivity contribution in [3.63, 3.8) is 0 Å². The quantitative estimate of drug-likeness (QED) is 0.401. The maximum atomic E-state index is 14.2. The molecule has 39 heavy (non-hydrogen) atoms. The van der Waals surface area contributed by atoms with Gasteiger partial charge in [0.1, 0.15) is 23.7 Å². The molecule has 0 atom stereocenters. The van der Waals surface area contributed by atoms with Crippen LogP contribution in [0, 0.1) is 12.7 Å². The van der Waals surface area contributed by atoms with E-state index in [-0.39, 0.29) is 29.2 Å². The molecular formula is C28H27FN6O4. The van der Waals surface area contributed by atoms with Crippen LogP contribution < -0.4 is 16.0 Å². The van der Waals surface area contributed by atoms with Crippen LogP contribution in [-0.2, 0) is 13.5 Å². The minimum absolute atomic E-state index is 0.0109. The van der Waals surface area contributed by atoms with Crippen LogP contribution in [-0.4, -0.2) is 56.9 Å². The summed E-state index contributed by atoms with van der Waals surface area (Å²) in [6, 6.07) is 9.54. The molecular weight excluding hydrogens is 503 g/mol. The molecule has 10 nitrogen and oxygen atoms in total. The van der Waals surface area contributed by atoms with E-state index in [0.29, 0.717) is 61.4 Å². The van der Waals surface area contributed by atoms with E-state index in [9.17, 15) is 18.8 Å². The molecule has 2 aliphatic heterocycles. The van der Waals surface area contributed by atoms with Crippen molar-refractivity contribution in [2.75, 3.05) is 29.9 Å². The Balaban J connectivity index is 1.16. The van der Waals surface area contributed by atoms with Gasteiger partial charge in [-0.1, -0.05) is 12.1 Å². The van der Waals surface area contributed by atoms with Gasteiger partial charge >= 0.3 is 11.8 Å². The lowest BCUT2D eigenvalue weighted by Gasteiger charge is -2.38. The number of carbonyl (C=O) groups excluding carboxylic acids is 2. The molecule has 6 rings (SSSR count). The van der Waals surface area contributed by atoms with Gasteiger partial charge in [0.25, 0.3) is 0 Å². The number of nitrogens with zero attached hydrogens (tertiary/aromatic N) is 5. The standard InChI is InChI=1S/C28H27FN6O4/c1-16-12-18(13-22-25(16)33(2)28(38)39-22)26(36)21-14-23(31-15-30-21)34-9-7-19(8-10-34)35-11-6-17-4-3-5-20(29)24(17)32-27(35)37/h3-5,12-15,19H,6-11H2,1-2H3,(H,32,37). The van der Waals surface area contributed by atoms with E-state index in [4.69, 9.17) is 4.42 Å². The van der Waals surface area contributed by atoms with Gasteiger partial charge in [-0.2, -0.15) is 0 Å². The van der Waals surface area contributed by atoms with Gasteiger partial charge in [0, 0.05) is 44.4 Å². The van der Waals surface area contributed by atoms with Gasteiger partial charge < -0.3 is 19.5 Å². The monoisotopic (exact) mass is 530 g/mol. The highest BCUT2D eigenvalue weighted by Gasteiger charge is 2.31. The molecule has 1 fully saturated rings. The average molecular weight is 531 g/mol. The largest absolute Gasteiger partial charge is 0.419 e. The Kier molecular flexibility index (Phi) is 6.13. The van der Waals surface area contributed by atoms with Gasteiger partial charge in [0.2, 0.25) is 5.78 Å². The third-order valence-corrected chi connectivity index (χ3v) is 7.66. The number of oxazole rings is 1. The van der Waals surface area contributed by atoms with Crippen LogP contribution in [0.15, 0.2) is 51.9 Å². The number of halogens is 1. The number of nitrogens with one attached hydrogen (secondary N) is 1. The van der Waals surface area contributed by atoms with Crippen molar-refractivity contribution in [3.05, 3.63) is 81.5 Å². The summed E-state index contributed by atoms with van der Waals surface area (Å²) in [5.74, 6) is -0.571. The maximum absolute atomic E-state index is 14.2. The van der Waals surface area contributed by atoms with E-state index in [2.05, 4.69) is 20.2 Å². The SMILES string of the molecule is Cc1cc(C(=O)c2cc(N3CCC(N4CCc5cccc(F)c5NC4=O)CC3)ncn2)cc2oc(=O)n(C)c12. The highest BCUT2D eigenvalue weighted by molar-refractivity contribution is 6.09. The molecule has 2 aromatic carbocycles. The summed E-state index contributed by atoms with van der Waals surface area (Å²) in [7, 11) is 1.63. The Bertz CT molecular complexity index is 1670. The lowest BCUT2D eigenvalue weighted by molar-refractivity contribution is 0.103. The maximum Gasteiger partial charge on any atom is 0.419 e. The third kappa shape index (κ3) is 4.43. The molecule has 11 heteroatoms. The molecule has 2 amide bonds. The summed E-state index contributed by atoms with van der Waals surface area (Å²) in [5, 5.41) is 2.75. The lowest BCUT2D eigenvalue weighted by atomic mass is 10.0. The molecule has 2 aliphatic rings. The minimum Gasteiger partial charge on any atom is -0.408 e. The fourth-order valence-electron chi connectivity index (χ4n) is 5.63. The molecule has 1 N–H and O–H groups in total. The molecule has 2 aromatic heterocycles. The smallest absolute Gasteiger partial charge is 0.408 e. The molecule has 0 radical (unpaired) electrons. The number of hydrogen-bond acceptors (Lipinski definition) is 7. The first-order chi connectivity index (χ1) is 18.8. The molecule has 200 valence electrons. The number of piperidine rings is 1. The molecule has 0 saturated carbocycles. The predicted octanol–water partition coefficient (Wildman–Crippen LogP) is 3.66. The molecule has 1 saturated heterocycles. The number of benzene rings is 2. The van der Waals surface area contributed by atoms with Gasteiger partial charge in [-0.3, -0.25) is 9.36 Å². The third-order valence-electron chi connectivity index (χ3n) is 7.66. The zero-order valence-electron chi connectivity index (χ0n) is 21.6. The van der Waals surface area contributed by atoms with Crippen molar-refractivity contribution >= 4 is 34.4 Å². The van der Waals surface area contributed by atoms with Crippen LogP contribution in [0.1, 0.15) is 40.0 Å². The number of aryl methyl sites for hydroxylation is 2. The Hall–Kier alpha value is -4.54. The fraction of sp³-hybridized carbons (Fsp3) is 0.321. The van der Waals surface area contributed by atoms with Crippen molar-refractivity contribution < 1.29 is 18.4 Å². The van der Waals surface area contributed by atoms with Gasteiger partial charge in [0.15, 0.2) is 5.58 Å². The van der Waals surface area contributed by atoms with Crippen LogP contribution in [0.5, 0.6) is 0 Å². The Morgan fingerprint density at radius 2 is 1.90 bits per heavy atom. The Labute approximate surface area is 223 Å². The second-order valence-corrected chi connectivity index (χ2v) is 10.0. The van der Waals surface area contributed by atoms with Gasteiger partial charge in [-0.25, -0.2) is 23.9 Å². The molecule has 0 spiro atoms. The second-order valence-electron chi connectivity index (χ2n) is 10.0. The topological polar surface area (TPSA) is 114 Å². The van der Waals surface area contributed by atoms with Crippen LogP contribution in [0.4, 0.5) is 20.7 Å². The minimum atomic E-state index is -0.486. The Morgan fingerprint density at radius 1 is 1.10 bits per heavy atom. The van der Waals surface area contributed by atoms with Gasteiger partial charge in [-0.15, -0.1) is 0 Å². The first-order valence-corrected chi connectivity index (χ1v) is 12.9. The van der Waals surface area contributed by atoms with E-state index in [1.807, 2.05) is 13.0 Å². The first kappa shape index (κ1) is 24.8. The highest BCUT2D eigenvalue weighted by Crippen LogP contribution is 2.28. The molecule has 4 heterocycles. The van der Waals surface area contributed by atoms with Crippen LogP contribution in [0.25, 0.3) is 11.1 Å². The highest BCUT2D eigenvalue weighted by atomic mass is 19.1. The summed E-state index contributed by atoms with van der Waals surface area (Å²) in [6.45, 7) is 3.62. The zero-order chi connectivity index (χ0) is 27.3. The van der Waals surface area contributed by atoms with Crippen LogP contribution in [0.3, 0.4) is 0 Å². The first-order valence-electron chi connectivity index (χ1n) is 12.9. The number of anilines is 2. The average Bonchev–Trinajstić information content (AvgIpc) is 3.11. The summed E-state index contributed by atoms with van der Waals surface area (Å²) < 4.78 is 20.9. The predicted molar refractivity (Wildman–Crippen MR) is 143 cm³/mol. The van der Waals surface area contributed by atoms with E-state index in [0.717, 1.165) is 11.1 Å². The van der Waals surface area contributed by atoms with E-state index in [1.54, 1.807) is 36.2 Å². The summed E-state index contributed by atoms with van der Waals surface area (Å²) in [5.41, 5.74) is 3.44. The second kappa shape index (κ2) is 9.64. The Morgan fingerprint density at radius 3 is 2.69 bits per heavy atom. The summed E-state index contributed by atoms with van der Waals surface area (Å²) in [4.78, 5) is 50.6. The van der Waals surface area contributed by atoms with E-state index >= 15 is 0 Å². The van der Waals surface area contributed by atoms with Crippen molar-refractivity contribution in [3.8, 4) is 0 Å². The lowest BCUT2D eigenvalue weighted by Crippen LogP contribution is -2.49.